The van der Waals surface area contributed by atoms with Gasteiger partial charge in [0.2, 0.25) is 5.91 Å². The first-order valence-electron chi connectivity index (χ1n) is 13.4. The highest BCUT2D eigenvalue weighted by atomic mass is 35.5. The molecule has 1 aliphatic heterocycles. The zero-order chi connectivity index (χ0) is 32.0. The zero-order valence-corrected chi connectivity index (χ0v) is 24.2. The van der Waals surface area contributed by atoms with E-state index in [1.165, 1.54) is 41.5 Å². The molecule has 2 atom stereocenters. The quantitative estimate of drug-likeness (QED) is 0.0860. The first-order chi connectivity index (χ1) is 21.0. The van der Waals surface area contributed by atoms with Crippen molar-refractivity contribution in [2.75, 3.05) is 5.01 Å². The number of alkyl halides is 2. The summed E-state index contributed by atoms with van der Waals surface area (Å²) in [6, 6.07) is 10.1. The lowest BCUT2D eigenvalue weighted by molar-refractivity contribution is -0.123. The third-order valence-electron chi connectivity index (χ3n) is 6.99. The topological polar surface area (TPSA) is 192 Å². The first-order valence-corrected chi connectivity index (χ1v) is 13.8. The molecular weight excluding hydrogens is 594 g/mol. The molecule has 0 radical (unpaired) electrons. The van der Waals surface area contributed by atoms with E-state index in [1.54, 1.807) is 31.2 Å². The summed E-state index contributed by atoms with van der Waals surface area (Å²) in [5.41, 5.74) is 6.37. The number of nitrogens with zero attached hydrogens (tertiary/aromatic N) is 5. The van der Waals surface area contributed by atoms with Gasteiger partial charge in [0.25, 0.3) is 5.56 Å². The van der Waals surface area contributed by atoms with Crippen molar-refractivity contribution in [1.82, 2.24) is 25.2 Å². The summed E-state index contributed by atoms with van der Waals surface area (Å²) in [4.78, 5) is 35.4. The number of nitriles is 1. The molecule has 15 heteroatoms. The van der Waals surface area contributed by atoms with E-state index in [0.29, 0.717) is 41.2 Å². The molecule has 0 saturated heterocycles. The smallest absolute Gasteiger partial charge is 0.313 e. The van der Waals surface area contributed by atoms with Crippen LogP contribution in [0.25, 0.3) is 17.0 Å². The van der Waals surface area contributed by atoms with Crippen molar-refractivity contribution in [3.63, 3.8) is 0 Å². The van der Waals surface area contributed by atoms with Crippen LogP contribution in [-0.2, 0) is 4.79 Å². The molecule has 4 rings (SSSR count). The van der Waals surface area contributed by atoms with Crippen molar-refractivity contribution in [3.05, 3.63) is 93.2 Å². The minimum Gasteiger partial charge on any atom is -0.389 e. The largest absolute Gasteiger partial charge is 0.389 e. The molecule has 2 aromatic heterocycles. The predicted octanol–water partition coefficient (Wildman–Crippen LogP) is 3.62. The van der Waals surface area contributed by atoms with Crippen LogP contribution < -0.4 is 32.8 Å². The second kappa shape index (κ2) is 13.9. The highest BCUT2D eigenvalue weighted by molar-refractivity contribution is 6.31. The number of rotatable bonds is 7. The number of hydrogen-bond donors (Lipinski definition) is 5. The number of amides is 1. The Labute approximate surface area is 256 Å². The first kappa shape index (κ1) is 31.8. The van der Waals surface area contributed by atoms with Crippen molar-refractivity contribution in [3.8, 4) is 17.3 Å². The Balaban J connectivity index is 1.83. The van der Waals surface area contributed by atoms with E-state index in [2.05, 4.69) is 15.3 Å². The van der Waals surface area contributed by atoms with Crippen molar-refractivity contribution < 1.29 is 13.6 Å². The Morgan fingerprint density at radius 1 is 1.27 bits per heavy atom. The fraction of sp³-hybridized carbons (Fsp3) is 0.241. The summed E-state index contributed by atoms with van der Waals surface area (Å²) in [5.74, 6) is 5.18. The van der Waals surface area contributed by atoms with Crippen LogP contribution in [-0.4, -0.2) is 33.2 Å². The Hall–Kier alpha value is -5.13. The Morgan fingerprint density at radius 2 is 2.05 bits per heavy atom. The number of halogens is 3. The molecule has 1 aromatic carbocycles. The molecule has 7 N–H and O–H groups in total. The summed E-state index contributed by atoms with van der Waals surface area (Å²) in [6.07, 6.45) is 6.08. The molecule has 0 fully saturated rings. The number of carbonyl (C=O) groups is 1. The molecule has 228 valence electrons. The van der Waals surface area contributed by atoms with E-state index in [9.17, 15) is 18.4 Å². The van der Waals surface area contributed by atoms with Gasteiger partial charge in [-0.15, -0.1) is 0 Å². The van der Waals surface area contributed by atoms with E-state index < -0.39 is 30.0 Å². The second-order valence-electron chi connectivity index (χ2n) is 9.97. The van der Waals surface area contributed by atoms with Crippen LogP contribution in [0.3, 0.4) is 0 Å². The van der Waals surface area contributed by atoms with E-state index in [-0.39, 0.29) is 28.3 Å². The highest BCUT2D eigenvalue weighted by Gasteiger charge is 2.24. The molecule has 2 unspecified atom stereocenters. The maximum Gasteiger partial charge on any atom is 0.313 e. The van der Waals surface area contributed by atoms with Gasteiger partial charge in [0, 0.05) is 40.5 Å². The fourth-order valence-corrected chi connectivity index (χ4v) is 4.97. The van der Waals surface area contributed by atoms with Crippen LogP contribution >= 0.6 is 11.6 Å². The average Bonchev–Trinajstić information content (AvgIpc) is 3.00. The monoisotopic (exact) mass is 622 g/mol. The molecule has 44 heavy (non-hydrogen) atoms. The van der Waals surface area contributed by atoms with E-state index in [4.69, 9.17) is 33.8 Å². The molecule has 3 heterocycles. The number of aromatic nitrogens is 3. The summed E-state index contributed by atoms with van der Waals surface area (Å²) >= 11 is 6.24. The summed E-state index contributed by atoms with van der Waals surface area (Å²) in [5, 5.41) is 22.9. The standard InChI is InChI=1S/C29H29ClF2N10O2/c1-16-3-2-4-25(22-9-17(7-8-37-22)27(40-29(31)32)23(13-34)39-28(16)44)41-15-38-21(11-26(41)43)20-10-18(30)5-6-24(20)42(36)14-19(35)12-33/h5-11,13-16,25,29,34,40H,2-4,35-36H2,1H3,(H,39,44)/b19-14-,27-23+,34-13?. The maximum atomic E-state index is 13.6. The van der Waals surface area contributed by atoms with Crippen LogP contribution in [0, 0.1) is 22.7 Å². The number of pyridine rings is 1. The minimum absolute atomic E-state index is 0.128. The molecule has 0 aliphatic carbocycles. The van der Waals surface area contributed by atoms with Gasteiger partial charge in [-0.1, -0.05) is 24.9 Å². The van der Waals surface area contributed by atoms with Crippen LogP contribution in [0.2, 0.25) is 5.02 Å². The van der Waals surface area contributed by atoms with Crippen LogP contribution in [0.15, 0.2) is 71.3 Å². The number of carbonyl (C=O) groups excluding carboxylic acids is 1. The van der Waals surface area contributed by atoms with Gasteiger partial charge >= 0.3 is 6.55 Å². The van der Waals surface area contributed by atoms with E-state index in [0.717, 1.165) is 11.2 Å². The molecular formula is C29H29ClF2N10O2. The molecule has 3 aromatic rings. The van der Waals surface area contributed by atoms with Crippen LogP contribution in [0.5, 0.6) is 0 Å². The Bertz CT molecular complexity index is 1730. The number of benzene rings is 1. The number of hydrogen-bond acceptors (Lipinski definition) is 10. The normalized spacial score (nSPS) is 19.3. The van der Waals surface area contributed by atoms with Gasteiger partial charge in [0.1, 0.15) is 11.8 Å². The number of nitrogens with one attached hydrogen (secondary N) is 3. The van der Waals surface area contributed by atoms with Crippen LogP contribution in [0.4, 0.5) is 14.5 Å². The SMILES string of the molecule is CC1CCCC(n2cnc(-c3cc(Cl)ccc3N(N)/C=C(\N)C#N)cc2=O)c2cc(ccn2)/C(NC(F)F)=C(/C=N)NC1=O. The third-order valence-corrected chi connectivity index (χ3v) is 7.23. The second-order valence-corrected chi connectivity index (χ2v) is 10.4. The fourth-order valence-electron chi connectivity index (χ4n) is 4.79. The molecule has 1 amide bonds. The van der Waals surface area contributed by atoms with Crippen molar-refractivity contribution in [2.45, 2.75) is 38.8 Å². The number of fused-ring (bicyclic) bond motifs is 2. The van der Waals surface area contributed by atoms with Gasteiger partial charge in [0.05, 0.1) is 47.0 Å². The van der Waals surface area contributed by atoms with Gasteiger partial charge < -0.3 is 21.8 Å². The molecule has 2 bridgehead atoms. The van der Waals surface area contributed by atoms with E-state index >= 15 is 0 Å². The highest BCUT2D eigenvalue weighted by Crippen LogP contribution is 2.32. The predicted molar refractivity (Wildman–Crippen MR) is 162 cm³/mol. The zero-order valence-electron chi connectivity index (χ0n) is 23.5. The number of allylic oxidation sites excluding steroid dienone is 2. The number of hydrazine groups is 1. The minimum atomic E-state index is -2.98. The lowest BCUT2D eigenvalue weighted by atomic mass is 9.96. The lowest BCUT2D eigenvalue weighted by Crippen LogP contribution is -2.33. The van der Waals surface area contributed by atoms with Crippen molar-refractivity contribution >= 4 is 35.1 Å². The number of nitrogens with two attached hydrogens (primary N) is 2. The third kappa shape index (κ3) is 7.25. The summed E-state index contributed by atoms with van der Waals surface area (Å²) in [7, 11) is 0. The molecule has 0 saturated carbocycles. The van der Waals surface area contributed by atoms with Gasteiger partial charge in [-0.2, -0.15) is 14.0 Å². The van der Waals surface area contributed by atoms with Gasteiger partial charge in [-0.05, 0) is 43.2 Å². The summed E-state index contributed by atoms with van der Waals surface area (Å²) in [6.45, 7) is -1.29. The van der Waals surface area contributed by atoms with Gasteiger partial charge in [-0.25, -0.2) is 10.8 Å². The lowest BCUT2D eigenvalue weighted by Gasteiger charge is -2.24. The van der Waals surface area contributed by atoms with Gasteiger partial charge in [-0.3, -0.25) is 24.1 Å². The maximum absolute atomic E-state index is 13.6. The Kier molecular flexibility index (Phi) is 10.0. The van der Waals surface area contributed by atoms with E-state index in [1.807, 2.05) is 5.32 Å². The number of anilines is 1. The summed E-state index contributed by atoms with van der Waals surface area (Å²) < 4.78 is 28.4. The average molecular weight is 623 g/mol. The Morgan fingerprint density at radius 3 is 2.73 bits per heavy atom. The van der Waals surface area contributed by atoms with Crippen molar-refractivity contribution in [2.24, 2.45) is 17.5 Å². The van der Waals surface area contributed by atoms with Crippen molar-refractivity contribution in [1.29, 1.82) is 10.7 Å². The molecule has 0 spiro atoms. The van der Waals surface area contributed by atoms with Crippen LogP contribution in [0.1, 0.15) is 43.5 Å². The molecule has 12 nitrogen and oxygen atoms in total. The van der Waals surface area contributed by atoms with Gasteiger partial charge in [0.15, 0.2) is 0 Å². The molecule has 1 aliphatic rings.